The number of carbonyl (C=O) groups is 1. The maximum absolute atomic E-state index is 11.5. The van der Waals surface area contributed by atoms with Crippen LogP contribution in [0.4, 0.5) is 5.69 Å². The number of anilines is 1. The van der Waals surface area contributed by atoms with E-state index in [0.29, 0.717) is 18.0 Å². The van der Waals surface area contributed by atoms with Gasteiger partial charge in [0.2, 0.25) is 5.91 Å². The van der Waals surface area contributed by atoms with Crippen LogP contribution in [0.5, 0.6) is 0 Å². The number of carbonyl (C=O) groups excluding carboxylic acids is 1. The second-order valence-electron chi connectivity index (χ2n) is 3.35. The van der Waals surface area contributed by atoms with Gasteiger partial charge >= 0.3 is 0 Å². The summed E-state index contributed by atoms with van der Waals surface area (Å²) in [6.07, 6.45) is 0.666. The highest BCUT2D eigenvalue weighted by Gasteiger charge is 2.29. The van der Waals surface area contributed by atoms with E-state index in [-0.39, 0.29) is 24.2 Å². The molecule has 15 heavy (non-hydrogen) atoms. The average Bonchev–Trinajstić information content (AvgIpc) is 2.45. The van der Waals surface area contributed by atoms with E-state index in [4.69, 9.17) is 17.3 Å². The molecular weight excluding hydrogens is 235 g/mol. The molecule has 0 fully saturated rings. The number of amides is 1. The maximum atomic E-state index is 11.5. The third-order valence-corrected chi connectivity index (χ3v) is 2.65. The molecular formula is C10H12Cl2N2O. The van der Waals surface area contributed by atoms with Crippen molar-refractivity contribution in [1.82, 2.24) is 0 Å². The van der Waals surface area contributed by atoms with Gasteiger partial charge in [0.25, 0.3) is 0 Å². The molecule has 5 heteroatoms. The highest BCUT2D eigenvalue weighted by atomic mass is 35.5. The zero-order valence-electron chi connectivity index (χ0n) is 8.00. The van der Waals surface area contributed by atoms with Crippen molar-refractivity contribution < 1.29 is 4.79 Å². The van der Waals surface area contributed by atoms with Crippen molar-refractivity contribution in [1.29, 1.82) is 0 Å². The smallest absolute Gasteiger partial charge is 0.232 e. The number of nitrogens with one attached hydrogen (secondary N) is 1. The SMILES string of the molecule is Cl.NCCC1C(=O)Nc2ccc(Cl)cc21. The first-order valence-electron chi connectivity index (χ1n) is 4.52. The zero-order chi connectivity index (χ0) is 10.1. The monoisotopic (exact) mass is 246 g/mol. The summed E-state index contributed by atoms with van der Waals surface area (Å²) in [6, 6.07) is 5.42. The van der Waals surface area contributed by atoms with Crippen molar-refractivity contribution in [2.75, 3.05) is 11.9 Å². The molecule has 0 aromatic heterocycles. The van der Waals surface area contributed by atoms with Crippen LogP contribution in [0.1, 0.15) is 17.9 Å². The normalized spacial score (nSPS) is 18.0. The largest absolute Gasteiger partial charge is 0.330 e. The van der Waals surface area contributed by atoms with E-state index < -0.39 is 0 Å². The van der Waals surface area contributed by atoms with Crippen molar-refractivity contribution in [2.45, 2.75) is 12.3 Å². The first kappa shape index (κ1) is 12.3. The molecule has 0 aliphatic carbocycles. The summed E-state index contributed by atoms with van der Waals surface area (Å²) in [5.74, 6) is -0.110. The van der Waals surface area contributed by atoms with E-state index in [1.165, 1.54) is 0 Å². The van der Waals surface area contributed by atoms with Crippen molar-refractivity contribution in [3.63, 3.8) is 0 Å². The van der Waals surface area contributed by atoms with Gasteiger partial charge in [-0.2, -0.15) is 0 Å². The quantitative estimate of drug-likeness (QED) is 0.841. The number of benzene rings is 1. The predicted molar refractivity (Wildman–Crippen MR) is 63.7 cm³/mol. The topological polar surface area (TPSA) is 55.1 Å². The molecule has 0 spiro atoms. The highest BCUT2D eigenvalue weighted by molar-refractivity contribution is 6.31. The van der Waals surface area contributed by atoms with Crippen LogP contribution in [0.3, 0.4) is 0 Å². The van der Waals surface area contributed by atoms with Crippen LogP contribution >= 0.6 is 24.0 Å². The molecule has 1 atom stereocenters. The first-order chi connectivity index (χ1) is 6.72. The van der Waals surface area contributed by atoms with E-state index >= 15 is 0 Å². The Kier molecular flexibility index (Phi) is 3.97. The molecule has 1 amide bonds. The Balaban J connectivity index is 0.00000112. The molecule has 1 aromatic carbocycles. The van der Waals surface area contributed by atoms with Gasteiger partial charge in [-0.05, 0) is 36.7 Å². The second kappa shape index (κ2) is 4.84. The fourth-order valence-electron chi connectivity index (χ4n) is 1.75. The molecule has 1 unspecified atom stereocenters. The second-order valence-corrected chi connectivity index (χ2v) is 3.79. The zero-order valence-corrected chi connectivity index (χ0v) is 9.57. The van der Waals surface area contributed by atoms with Crippen LogP contribution in [0.25, 0.3) is 0 Å². The van der Waals surface area contributed by atoms with Gasteiger partial charge in [0, 0.05) is 10.7 Å². The van der Waals surface area contributed by atoms with Gasteiger partial charge in [0.1, 0.15) is 0 Å². The number of nitrogens with two attached hydrogens (primary N) is 1. The summed E-state index contributed by atoms with van der Waals surface area (Å²) in [5, 5.41) is 3.46. The Morgan fingerprint density at radius 3 is 2.87 bits per heavy atom. The Morgan fingerprint density at radius 2 is 2.20 bits per heavy atom. The molecule has 0 bridgehead atoms. The number of hydrogen-bond acceptors (Lipinski definition) is 2. The summed E-state index contributed by atoms with van der Waals surface area (Å²) in [4.78, 5) is 11.5. The van der Waals surface area contributed by atoms with Gasteiger partial charge in [0.15, 0.2) is 0 Å². The fraction of sp³-hybridized carbons (Fsp3) is 0.300. The van der Waals surface area contributed by atoms with E-state index in [9.17, 15) is 4.79 Å². The molecule has 3 N–H and O–H groups in total. The molecule has 82 valence electrons. The van der Waals surface area contributed by atoms with E-state index in [1.54, 1.807) is 6.07 Å². The number of halogens is 2. The van der Waals surface area contributed by atoms with Crippen LogP contribution in [0, 0.1) is 0 Å². The van der Waals surface area contributed by atoms with Gasteiger partial charge in [-0.15, -0.1) is 12.4 Å². The average molecular weight is 247 g/mol. The van der Waals surface area contributed by atoms with Crippen LogP contribution < -0.4 is 11.1 Å². The van der Waals surface area contributed by atoms with Gasteiger partial charge in [-0.25, -0.2) is 0 Å². The summed E-state index contributed by atoms with van der Waals surface area (Å²) in [5.41, 5.74) is 7.28. The van der Waals surface area contributed by atoms with Gasteiger partial charge in [-0.3, -0.25) is 4.79 Å². The first-order valence-corrected chi connectivity index (χ1v) is 4.90. The molecule has 1 heterocycles. The van der Waals surface area contributed by atoms with Crippen molar-refractivity contribution in [3.05, 3.63) is 28.8 Å². The standard InChI is InChI=1S/C10H11ClN2O.ClH/c11-6-1-2-9-8(5-6)7(3-4-12)10(14)13-9;/h1-2,5,7H,3-4,12H2,(H,13,14);1H. The number of fused-ring (bicyclic) bond motifs is 1. The molecule has 1 aliphatic rings. The Morgan fingerprint density at radius 1 is 1.47 bits per heavy atom. The summed E-state index contributed by atoms with van der Waals surface area (Å²) < 4.78 is 0. The van der Waals surface area contributed by atoms with Crippen molar-refractivity contribution >= 4 is 35.6 Å². The summed E-state index contributed by atoms with van der Waals surface area (Å²) in [6.45, 7) is 0.504. The minimum Gasteiger partial charge on any atom is -0.330 e. The molecule has 0 saturated heterocycles. The van der Waals surface area contributed by atoms with Crippen molar-refractivity contribution in [3.8, 4) is 0 Å². The molecule has 1 aliphatic heterocycles. The van der Waals surface area contributed by atoms with Crippen LogP contribution in [0.15, 0.2) is 18.2 Å². The fourth-order valence-corrected chi connectivity index (χ4v) is 1.93. The van der Waals surface area contributed by atoms with E-state index in [0.717, 1.165) is 11.3 Å². The predicted octanol–water partition coefficient (Wildman–Crippen LogP) is 2.15. The minimum atomic E-state index is -0.131. The third-order valence-electron chi connectivity index (χ3n) is 2.42. The number of rotatable bonds is 2. The lowest BCUT2D eigenvalue weighted by molar-refractivity contribution is -0.117. The highest BCUT2D eigenvalue weighted by Crippen LogP contribution is 2.35. The lowest BCUT2D eigenvalue weighted by atomic mass is 9.97. The van der Waals surface area contributed by atoms with Gasteiger partial charge in [-0.1, -0.05) is 11.6 Å². The number of hydrogen-bond donors (Lipinski definition) is 2. The van der Waals surface area contributed by atoms with Crippen LogP contribution in [-0.4, -0.2) is 12.5 Å². The lowest BCUT2D eigenvalue weighted by Gasteiger charge is -2.06. The van der Waals surface area contributed by atoms with E-state index in [1.807, 2.05) is 12.1 Å². The molecule has 0 radical (unpaired) electrons. The minimum absolute atomic E-state index is 0. The Hall–Kier alpha value is -0.770. The Labute approximate surface area is 99.4 Å². The van der Waals surface area contributed by atoms with E-state index in [2.05, 4.69) is 5.32 Å². The molecule has 0 saturated carbocycles. The molecule has 2 rings (SSSR count). The van der Waals surface area contributed by atoms with Crippen LogP contribution in [-0.2, 0) is 4.79 Å². The lowest BCUT2D eigenvalue weighted by Crippen LogP contribution is -2.15. The molecule has 1 aromatic rings. The Bertz CT molecular complexity index is 382. The van der Waals surface area contributed by atoms with Crippen molar-refractivity contribution in [2.24, 2.45) is 5.73 Å². The summed E-state index contributed by atoms with van der Waals surface area (Å²) >= 11 is 5.87. The van der Waals surface area contributed by atoms with Crippen LogP contribution in [0.2, 0.25) is 5.02 Å². The molecule has 3 nitrogen and oxygen atoms in total. The maximum Gasteiger partial charge on any atom is 0.232 e. The van der Waals surface area contributed by atoms with Gasteiger partial charge in [0.05, 0.1) is 5.92 Å². The van der Waals surface area contributed by atoms with Gasteiger partial charge < -0.3 is 11.1 Å². The third kappa shape index (κ3) is 2.25. The summed E-state index contributed by atoms with van der Waals surface area (Å²) in [7, 11) is 0.